The standard InChI is InChI=1S/C18H23NO4S2/c1-11-9-13(15-12(2)10-24-16(15)17(20)23-6)7-8-14(11)19(25(21)22)18(3,4)5/h7-10H,1-6H3,(H,21,22)/p-1. The first-order chi connectivity index (χ1) is 11.6. The molecule has 0 aliphatic carbocycles. The van der Waals surface area contributed by atoms with Crippen LogP contribution in [0.25, 0.3) is 11.1 Å². The lowest BCUT2D eigenvalue weighted by Crippen LogP contribution is -2.43. The van der Waals surface area contributed by atoms with Crippen LogP contribution in [0, 0.1) is 13.8 Å². The van der Waals surface area contributed by atoms with Gasteiger partial charge in [-0.1, -0.05) is 6.07 Å². The van der Waals surface area contributed by atoms with Crippen molar-refractivity contribution in [3.05, 3.63) is 39.6 Å². The molecule has 2 rings (SSSR count). The summed E-state index contributed by atoms with van der Waals surface area (Å²) in [7, 11) is 1.36. The molecule has 1 unspecified atom stereocenters. The molecule has 0 N–H and O–H groups in total. The molecule has 5 nitrogen and oxygen atoms in total. The Labute approximate surface area is 155 Å². The number of thiophene rings is 1. The number of rotatable bonds is 4. The van der Waals surface area contributed by atoms with Crippen molar-refractivity contribution in [2.24, 2.45) is 0 Å². The fourth-order valence-electron chi connectivity index (χ4n) is 2.75. The normalized spacial score (nSPS) is 12.8. The minimum absolute atomic E-state index is 0.369. The van der Waals surface area contributed by atoms with E-state index in [-0.39, 0.29) is 5.97 Å². The van der Waals surface area contributed by atoms with E-state index >= 15 is 0 Å². The maximum Gasteiger partial charge on any atom is 0.348 e. The number of hydrogen-bond donors (Lipinski definition) is 0. The summed E-state index contributed by atoms with van der Waals surface area (Å²) in [5.74, 6) is -0.369. The monoisotopic (exact) mass is 380 g/mol. The number of methoxy groups -OCH3 is 1. The van der Waals surface area contributed by atoms with Crippen LogP contribution in [0.3, 0.4) is 0 Å². The summed E-state index contributed by atoms with van der Waals surface area (Å²) >= 11 is -1.04. The van der Waals surface area contributed by atoms with E-state index in [4.69, 9.17) is 4.74 Å². The minimum atomic E-state index is -2.38. The largest absolute Gasteiger partial charge is 0.755 e. The van der Waals surface area contributed by atoms with Gasteiger partial charge in [-0.3, -0.25) is 8.51 Å². The molecule has 0 aliphatic rings. The summed E-state index contributed by atoms with van der Waals surface area (Å²) in [6, 6.07) is 5.53. The molecule has 1 heterocycles. The van der Waals surface area contributed by atoms with Crippen LogP contribution in [0.2, 0.25) is 0 Å². The summed E-state index contributed by atoms with van der Waals surface area (Å²) in [5.41, 5.74) is 3.55. The van der Waals surface area contributed by atoms with Crippen molar-refractivity contribution < 1.29 is 18.3 Å². The molecular weight excluding hydrogens is 358 g/mol. The van der Waals surface area contributed by atoms with E-state index in [0.717, 1.165) is 22.3 Å². The zero-order chi connectivity index (χ0) is 18.9. The van der Waals surface area contributed by atoms with Crippen LogP contribution in [0.15, 0.2) is 23.6 Å². The molecule has 25 heavy (non-hydrogen) atoms. The molecule has 0 saturated carbocycles. The number of hydrogen-bond acceptors (Lipinski definition) is 5. The van der Waals surface area contributed by atoms with Gasteiger partial charge in [0.1, 0.15) is 4.88 Å². The molecule has 0 saturated heterocycles. The van der Waals surface area contributed by atoms with Crippen LogP contribution in [-0.4, -0.2) is 27.4 Å². The Morgan fingerprint density at radius 1 is 1.24 bits per heavy atom. The van der Waals surface area contributed by atoms with E-state index in [2.05, 4.69) is 0 Å². The second-order valence-electron chi connectivity index (χ2n) is 6.80. The Morgan fingerprint density at radius 2 is 1.88 bits per heavy atom. The van der Waals surface area contributed by atoms with Gasteiger partial charge >= 0.3 is 5.97 Å². The lowest BCUT2D eigenvalue weighted by molar-refractivity contribution is 0.0607. The highest BCUT2D eigenvalue weighted by Crippen LogP contribution is 2.36. The molecule has 0 bridgehead atoms. The quantitative estimate of drug-likeness (QED) is 0.588. The molecule has 0 aliphatic heterocycles. The van der Waals surface area contributed by atoms with Gasteiger partial charge in [-0.2, -0.15) is 0 Å². The van der Waals surface area contributed by atoms with Gasteiger partial charge in [-0.25, -0.2) is 4.79 Å². The first kappa shape index (κ1) is 19.6. The van der Waals surface area contributed by atoms with Crippen molar-refractivity contribution in [1.29, 1.82) is 0 Å². The summed E-state index contributed by atoms with van der Waals surface area (Å²) < 4.78 is 29.6. The predicted octanol–water partition coefficient (Wildman–Crippen LogP) is 4.22. The van der Waals surface area contributed by atoms with Gasteiger partial charge in [0, 0.05) is 22.4 Å². The van der Waals surface area contributed by atoms with Crippen molar-refractivity contribution in [2.45, 2.75) is 40.2 Å². The molecule has 0 amide bonds. The molecule has 1 aromatic carbocycles. The smallest absolute Gasteiger partial charge is 0.348 e. The minimum Gasteiger partial charge on any atom is -0.755 e. The Balaban J connectivity index is 2.57. The molecule has 2 aromatic rings. The van der Waals surface area contributed by atoms with Gasteiger partial charge in [0.2, 0.25) is 0 Å². The Bertz CT molecular complexity index is 821. The number of anilines is 1. The van der Waals surface area contributed by atoms with E-state index in [0.29, 0.717) is 10.6 Å². The van der Waals surface area contributed by atoms with Crippen LogP contribution in [0.1, 0.15) is 41.6 Å². The third-order valence-electron chi connectivity index (χ3n) is 3.81. The molecular formula is C18H22NO4S2-. The predicted molar refractivity (Wildman–Crippen MR) is 102 cm³/mol. The van der Waals surface area contributed by atoms with E-state index < -0.39 is 16.8 Å². The first-order valence-corrected chi connectivity index (χ1v) is 9.66. The summed E-state index contributed by atoms with van der Waals surface area (Å²) in [6.45, 7) is 9.33. The van der Waals surface area contributed by atoms with E-state index in [9.17, 15) is 13.6 Å². The lowest BCUT2D eigenvalue weighted by atomic mass is 9.98. The average molecular weight is 381 g/mol. The van der Waals surface area contributed by atoms with Crippen LogP contribution < -0.4 is 4.31 Å². The zero-order valence-electron chi connectivity index (χ0n) is 15.2. The van der Waals surface area contributed by atoms with Crippen LogP contribution in [-0.2, 0) is 16.0 Å². The van der Waals surface area contributed by atoms with Crippen LogP contribution >= 0.6 is 11.3 Å². The highest BCUT2D eigenvalue weighted by atomic mass is 32.2. The van der Waals surface area contributed by atoms with E-state index in [1.54, 1.807) is 6.07 Å². The third-order valence-corrected chi connectivity index (χ3v) is 5.93. The van der Waals surface area contributed by atoms with Gasteiger partial charge in [0.25, 0.3) is 0 Å². The number of esters is 1. The summed E-state index contributed by atoms with van der Waals surface area (Å²) in [5, 5.41) is 1.92. The SMILES string of the molecule is COC(=O)c1scc(C)c1-c1ccc(N(S(=O)[O-])C(C)(C)C)c(C)c1. The maximum absolute atomic E-state index is 12.0. The lowest BCUT2D eigenvalue weighted by Gasteiger charge is -2.39. The Morgan fingerprint density at radius 3 is 2.36 bits per heavy atom. The van der Waals surface area contributed by atoms with Crippen molar-refractivity contribution >= 4 is 34.3 Å². The van der Waals surface area contributed by atoms with Crippen molar-refractivity contribution in [3.63, 3.8) is 0 Å². The molecule has 0 fully saturated rings. The number of carbonyl (C=O) groups excluding carboxylic acids is 1. The zero-order valence-corrected chi connectivity index (χ0v) is 16.8. The topological polar surface area (TPSA) is 69.7 Å². The summed E-state index contributed by atoms with van der Waals surface area (Å²) in [4.78, 5) is 12.5. The van der Waals surface area contributed by atoms with Gasteiger partial charge in [0.05, 0.1) is 12.8 Å². The Hall–Kier alpha value is -1.70. The number of benzene rings is 1. The first-order valence-electron chi connectivity index (χ1n) is 7.75. The highest BCUT2D eigenvalue weighted by molar-refractivity contribution is 7.80. The van der Waals surface area contributed by atoms with Gasteiger partial charge in [0.15, 0.2) is 0 Å². The Kier molecular flexibility index (Phi) is 5.71. The fraction of sp³-hybridized carbons (Fsp3) is 0.389. The molecule has 136 valence electrons. The molecule has 1 aromatic heterocycles. The molecule has 7 heteroatoms. The highest BCUT2D eigenvalue weighted by Gasteiger charge is 2.25. The van der Waals surface area contributed by atoms with Gasteiger partial charge < -0.3 is 9.29 Å². The van der Waals surface area contributed by atoms with Crippen molar-refractivity contribution in [1.82, 2.24) is 0 Å². The second kappa shape index (κ2) is 7.27. The van der Waals surface area contributed by atoms with Gasteiger partial charge in [-0.15, -0.1) is 11.3 Å². The molecule has 0 radical (unpaired) electrons. The molecule has 0 spiro atoms. The average Bonchev–Trinajstić information content (AvgIpc) is 2.88. The maximum atomic E-state index is 12.0. The number of ether oxygens (including phenoxy) is 1. The van der Waals surface area contributed by atoms with Crippen molar-refractivity contribution in [3.8, 4) is 11.1 Å². The fourth-order valence-corrected chi connectivity index (χ4v) is 4.55. The van der Waals surface area contributed by atoms with Crippen molar-refractivity contribution in [2.75, 3.05) is 11.4 Å². The number of aryl methyl sites for hydroxylation is 2. The summed E-state index contributed by atoms with van der Waals surface area (Å²) in [6.07, 6.45) is 0. The van der Waals surface area contributed by atoms with Crippen LogP contribution in [0.4, 0.5) is 5.69 Å². The number of nitrogens with zero attached hydrogens (tertiary/aromatic N) is 1. The van der Waals surface area contributed by atoms with Gasteiger partial charge in [-0.05, 0) is 68.8 Å². The number of carbonyl (C=O) groups is 1. The van der Waals surface area contributed by atoms with E-state index in [1.165, 1.54) is 22.8 Å². The van der Waals surface area contributed by atoms with E-state index in [1.807, 2.05) is 52.1 Å². The second-order valence-corrected chi connectivity index (χ2v) is 8.48. The third kappa shape index (κ3) is 3.94. The van der Waals surface area contributed by atoms with Crippen LogP contribution in [0.5, 0.6) is 0 Å². The molecule has 1 atom stereocenters.